The quantitative estimate of drug-likeness (QED) is 0.0989. The van der Waals surface area contributed by atoms with E-state index in [1.165, 1.54) is 41.0 Å². The van der Waals surface area contributed by atoms with Gasteiger partial charge in [-0.1, -0.05) is 72.8 Å². The molecule has 2 heterocycles. The Kier molecular flexibility index (Phi) is 13.6. The third-order valence-electron chi connectivity index (χ3n) is 10.1. The summed E-state index contributed by atoms with van der Waals surface area (Å²) in [6.07, 6.45) is 0. The number of nitrogens with one attached hydrogen (secondary N) is 1. The first-order chi connectivity index (χ1) is 28.4. The number of benzene rings is 6. The Labute approximate surface area is 341 Å². The van der Waals surface area contributed by atoms with Crippen LogP contribution >= 0.6 is 0 Å². The number of rotatable bonds is 9. The Balaban J connectivity index is 0.000000166. The van der Waals surface area contributed by atoms with Gasteiger partial charge in [0.05, 0.1) is 44.0 Å². The predicted molar refractivity (Wildman–Crippen MR) is 227 cm³/mol. The van der Waals surface area contributed by atoms with Gasteiger partial charge in [0.2, 0.25) is 0 Å². The van der Waals surface area contributed by atoms with E-state index in [1.54, 1.807) is 48.5 Å². The molecule has 11 heteroatoms. The second-order valence-electron chi connectivity index (χ2n) is 14.1. The number of carboxylic acid groups (broad SMARTS) is 1. The summed E-state index contributed by atoms with van der Waals surface area (Å²) in [6, 6.07) is 37.3. The van der Waals surface area contributed by atoms with Crippen molar-refractivity contribution in [2.45, 2.75) is 39.0 Å². The lowest BCUT2D eigenvalue weighted by Gasteiger charge is -2.17. The topological polar surface area (TPSA) is 158 Å². The van der Waals surface area contributed by atoms with Crippen LogP contribution in [0.4, 0.5) is 8.78 Å². The van der Waals surface area contributed by atoms with Crippen molar-refractivity contribution in [2.24, 2.45) is 15.7 Å². The van der Waals surface area contributed by atoms with E-state index in [4.69, 9.17) is 15.9 Å². The zero-order chi connectivity index (χ0) is 42.1. The second-order valence-corrected chi connectivity index (χ2v) is 14.1. The fourth-order valence-electron chi connectivity index (χ4n) is 6.75. The molecule has 2 aliphatic rings. The SMILES string of the molecule is CC1=NCc2ccc(-c3cccc(C(=O)NC(CO)c4cccc(F)c4)c3)cc21.CC1=NCc2ccc(-c3cccc(C(=O)O)c3)cc21.NC(CO)c1cccc(F)c1. The van der Waals surface area contributed by atoms with Gasteiger partial charge in [0.15, 0.2) is 0 Å². The van der Waals surface area contributed by atoms with E-state index in [2.05, 4.69) is 39.6 Å². The number of amides is 1. The minimum atomic E-state index is -0.902. The van der Waals surface area contributed by atoms with Gasteiger partial charge in [0.25, 0.3) is 5.91 Å². The molecule has 0 saturated carbocycles. The Morgan fingerprint density at radius 2 is 1.10 bits per heavy atom. The first-order valence-electron chi connectivity index (χ1n) is 19.0. The minimum absolute atomic E-state index is 0.163. The number of nitrogens with zero attached hydrogens (tertiary/aromatic N) is 2. The van der Waals surface area contributed by atoms with Crippen molar-refractivity contribution < 1.29 is 33.7 Å². The van der Waals surface area contributed by atoms with Crippen molar-refractivity contribution in [2.75, 3.05) is 13.2 Å². The number of halogens is 2. The molecule has 6 N–H and O–H groups in total. The maximum Gasteiger partial charge on any atom is 0.335 e. The molecule has 8 rings (SSSR count). The highest BCUT2D eigenvalue weighted by atomic mass is 19.1. The van der Waals surface area contributed by atoms with E-state index in [-0.39, 0.29) is 24.9 Å². The minimum Gasteiger partial charge on any atom is -0.478 e. The number of carboxylic acids is 1. The summed E-state index contributed by atoms with van der Waals surface area (Å²) in [5.41, 5.74) is 18.1. The maximum atomic E-state index is 13.5. The van der Waals surface area contributed by atoms with Gasteiger partial charge in [0, 0.05) is 28.1 Å². The summed E-state index contributed by atoms with van der Waals surface area (Å²) in [5.74, 6) is -1.96. The van der Waals surface area contributed by atoms with Gasteiger partial charge in [-0.2, -0.15) is 0 Å². The molecule has 0 aliphatic carbocycles. The van der Waals surface area contributed by atoms with Crippen LogP contribution in [0.1, 0.15) is 80.0 Å². The van der Waals surface area contributed by atoms with Crippen LogP contribution in [0.2, 0.25) is 0 Å². The van der Waals surface area contributed by atoms with Crippen LogP contribution < -0.4 is 11.1 Å². The summed E-state index contributed by atoms with van der Waals surface area (Å²) >= 11 is 0. The average molecular weight is 795 g/mol. The molecular formula is C48H44F2N4O5. The summed E-state index contributed by atoms with van der Waals surface area (Å²) in [6.45, 7) is 4.98. The number of aliphatic hydroxyl groups is 2. The van der Waals surface area contributed by atoms with E-state index >= 15 is 0 Å². The number of nitrogens with two attached hydrogens (primary N) is 1. The Morgan fingerprint density at radius 3 is 1.61 bits per heavy atom. The molecule has 0 radical (unpaired) electrons. The number of aromatic carboxylic acids is 1. The van der Waals surface area contributed by atoms with E-state index < -0.39 is 23.9 Å². The van der Waals surface area contributed by atoms with Gasteiger partial charge >= 0.3 is 5.97 Å². The van der Waals surface area contributed by atoms with Crippen LogP contribution in [0.5, 0.6) is 0 Å². The standard InChI is InChI=1S/C24H21FN2O2.C16H13NO2.C8H10FNO/c1-15-22-12-17(8-9-20(22)13-26-15)16-4-2-6-19(10-16)24(29)27-23(14-28)18-5-3-7-21(25)11-18;1-10-15-8-12(5-6-14(15)9-17-10)11-3-2-4-13(7-11)16(18)19;9-7-3-1-2-6(4-7)8(10)5-11/h2-12,23,28H,13-14H2,1H3,(H,27,29);2-8H,9H2,1H3,(H,18,19);1-4,8,11H,5,10H2. The second kappa shape index (κ2) is 19.2. The molecule has 6 aromatic rings. The average Bonchev–Trinajstić information content (AvgIpc) is 3.83. The van der Waals surface area contributed by atoms with Crippen LogP contribution in [-0.4, -0.2) is 51.8 Å². The largest absolute Gasteiger partial charge is 0.478 e. The first-order valence-corrected chi connectivity index (χ1v) is 19.0. The van der Waals surface area contributed by atoms with Gasteiger partial charge in [-0.25, -0.2) is 13.6 Å². The van der Waals surface area contributed by atoms with Crippen LogP contribution in [0.3, 0.4) is 0 Å². The fraction of sp³-hybridized carbons (Fsp3) is 0.167. The van der Waals surface area contributed by atoms with E-state index in [0.29, 0.717) is 28.8 Å². The molecular weight excluding hydrogens is 751 g/mol. The Morgan fingerprint density at radius 1 is 0.627 bits per heavy atom. The molecule has 0 aromatic heterocycles. The zero-order valence-electron chi connectivity index (χ0n) is 32.6. The Bertz CT molecular complexity index is 2550. The monoisotopic (exact) mass is 794 g/mol. The number of hydrogen-bond donors (Lipinski definition) is 5. The van der Waals surface area contributed by atoms with Gasteiger partial charge in [-0.3, -0.25) is 14.8 Å². The molecule has 59 heavy (non-hydrogen) atoms. The van der Waals surface area contributed by atoms with Crippen molar-refractivity contribution in [1.29, 1.82) is 0 Å². The summed E-state index contributed by atoms with van der Waals surface area (Å²) < 4.78 is 26.0. The van der Waals surface area contributed by atoms with Crippen molar-refractivity contribution >= 4 is 23.3 Å². The van der Waals surface area contributed by atoms with Crippen molar-refractivity contribution in [1.82, 2.24) is 5.32 Å². The number of aliphatic hydroxyl groups excluding tert-OH is 2. The third-order valence-corrected chi connectivity index (χ3v) is 10.1. The molecule has 0 saturated heterocycles. The van der Waals surface area contributed by atoms with Gasteiger partial charge < -0.3 is 26.4 Å². The summed E-state index contributed by atoms with van der Waals surface area (Å²) in [5, 5.41) is 30.1. The molecule has 2 aliphatic heterocycles. The van der Waals surface area contributed by atoms with Crippen molar-refractivity contribution in [3.8, 4) is 22.3 Å². The molecule has 0 bridgehead atoms. The lowest BCUT2D eigenvalue weighted by atomic mass is 9.97. The lowest BCUT2D eigenvalue weighted by molar-refractivity contribution is 0.0696. The summed E-state index contributed by atoms with van der Waals surface area (Å²) in [4.78, 5) is 32.6. The lowest BCUT2D eigenvalue weighted by Crippen LogP contribution is -2.30. The van der Waals surface area contributed by atoms with Crippen LogP contribution in [0.15, 0.2) is 143 Å². The smallest absolute Gasteiger partial charge is 0.335 e. The van der Waals surface area contributed by atoms with E-state index in [0.717, 1.165) is 45.8 Å². The van der Waals surface area contributed by atoms with Crippen molar-refractivity contribution in [3.05, 3.63) is 190 Å². The van der Waals surface area contributed by atoms with Gasteiger partial charge in [-0.05, 0) is 119 Å². The van der Waals surface area contributed by atoms with Crippen molar-refractivity contribution in [3.63, 3.8) is 0 Å². The normalized spacial score (nSPS) is 13.3. The molecule has 0 spiro atoms. The van der Waals surface area contributed by atoms with Crippen LogP contribution in [-0.2, 0) is 13.1 Å². The molecule has 1 amide bonds. The highest BCUT2D eigenvalue weighted by Crippen LogP contribution is 2.29. The maximum absolute atomic E-state index is 13.5. The number of fused-ring (bicyclic) bond motifs is 2. The van der Waals surface area contributed by atoms with E-state index in [1.807, 2.05) is 50.2 Å². The number of hydrogen-bond acceptors (Lipinski definition) is 7. The molecule has 2 atom stereocenters. The fourth-order valence-corrected chi connectivity index (χ4v) is 6.75. The van der Waals surface area contributed by atoms with Crippen LogP contribution in [0, 0.1) is 11.6 Å². The number of aliphatic imine (C=N–C) groups is 2. The van der Waals surface area contributed by atoms with Gasteiger partial charge in [0.1, 0.15) is 11.6 Å². The molecule has 6 aromatic carbocycles. The predicted octanol–water partition coefficient (Wildman–Crippen LogP) is 8.47. The highest BCUT2D eigenvalue weighted by molar-refractivity contribution is 6.04. The molecule has 2 unspecified atom stereocenters. The zero-order valence-corrected chi connectivity index (χ0v) is 32.6. The molecule has 9 nitrogen and oxygen atoms in total. The molecule has 300 valence electrons. The highest BCUT2D eigenvalue weighted by Gasteiger charge is 2.18. The van der Waals surface area contributed by atoms with Gasteiger partial charge in [-0.15, -0.1) is 0 Å². The first kappa shape index (κ1) is 42.0. The molecule has 0 fully saturated rings. The number of carbonyl (C=O) groups is 2. The summed E-state index contributed by atoms with van der Waals surface area (Å²) in [7, 11) is 0. The Hall–Kier alpha value is -6.66. The van der Waals surface area contributed by atoms with Crippen LogP contribution in [0.25, 0.3) is 22.3 Å². The van der Waals surface area contributed by atoms with E-state index in [9.17, 15) is 23.5 Å². The number of carbonyl (C=O) groups excluding carboxylic acids is 1. The third kappa shape index (κ3) is 10.5.